The Labute approximate surface area is 374 Å². The summed E-state index contributed by atoms with van der Waals surface area (Å²) in [5.74, 6) is 0. The molecule has 1 nitrogen and oxygen atoms in total. The van der Waals surface area contributed by atoms with E-state index in [0.717, 1.165) is 0 Å². The Bertz CT molecular complexity index is 3720. The second-order valence-electron chi connectivity index (χ2n) is 18.8. The number of rotatable bonds is 3. The van der Waals surface area contributed by atoms with Crippen LogP contribution >= 0.6 is 22.7 Å². The van der Waals surface area contributed by atoms with Crippen LogP contribution in [0.15, 0.2) is 176 Å². The van der Waals surface area contributed by atoms with Gasteiger partial charge in [0.1, 0.15) is 0 Å². The average molecular weight is 840 g/mol. The minimum atomic E-state index is -0.134. The van der Waals surface area contributed by atoms with Crippen molar-refractivity contribution < 1.29 is 0 Å². The molecule has 14 rings (SSSR count). The van der Waals surface area contributed by atoms with Crippen LogP contribution in [-0.4, -0.2) is 4.57 Å². The van der Waals surface area contributed by atoms with Crippen LogP contribution in [0.4, 0.5) is 0 Å². The molecule has 0 radical (unpaired) electrons. The van der Waals surface area contributed by atoms with Crippen LogP contribution in [0.2, 0.25) is 0 Å². The highest BCUT2D eigenvalue weighted by Crippen LogP contribution is 2.54. The van der Waals surface area contributed by atoms with Gasteiger partial charge in [-0.25, -0.2) is 0 Å². The Morgan fingerprint density at radius 3 is 1.24 bits per heavy atom. The molecule has 2 aliphatic rings. The Balaban J connectivity index is 1.12. The van der Waals surface area contributed by atoms with E-state index >= 15 is 0 Å². The first-order chi connectivity index (χ1) is 30.7. The van der Waals surface area contributed by atoms with Crippen molar-refractivity contribution in [1.29, 1.82) is 0 Å². The predicted octanol–water partition coefficient (Wildman–Crippen LogP) is 17.5. The maximum Gasteiger partial charge on any atom is 0.0544 e. The number of nitrogens with zero attached hydrogens (tertiary/aromatic N) is 1. The van der Waals surface area contributed by atoms with E-state index in [9.17, 15) is 0 Å². The minimum Gasteiger partial charge on any atom is -0.309 e. The van der Waals surface area contributed by atoms with Crippen LogP contribution < -0.4 is 0 Å². The second kappa shape index (κ2) is 12.4. The van der Waals surface area contributed by atoms with Crippen molar-refractivity contribution in [3.8, 4) is 50.2 Å². The quantitative estimate of drug-likeness (QED) is 0.167. The first-order valence-electron chi connectivity index (χ1n) is 22.1. The van der Waals surface area contributed by atoms with Crippen LogP contribution in [-0.2, 0) is 10.8 Å². The lowest BCUT2D eigenvalue weighted by molar-refractivity contribution is 0.660. The first-order valence-corrected chi connectivity index (χ1v) is 23.7. The fourth-order valence-electron chi connectivity index (χ4n) is 11.7. The molecule has 0 saturated heterocycles. The molecule has 0 bridgehead atoms. The van der Waals surface area contributed by atoms with E-state index in [1.807, 2.05) is 22.7 Å². The highest BCUT2D eigenvalue weighted by atomic mass is 32.1. The molecule has 9 aromatic carbocycles. The summed E-state index contributed by atoms with van der Waals surface area (Å²) in [4.78, 5) is 0. The Morgan fingerprint density at radius 1 is 0.333 bits per heavy atom. The van der Waals surface area contributed by atoms with Gasteiger partial charge in [0.15, 0.2) is 0 Å². The summed E-state index contributed by atoms with van der Waals surface area (Å²) in [6.07, 6.45) is 0. The molecular formula is C60H41NS2. The molecule has 3 aromatic heterocycles. The van der Waals surface area contributed by atoms with Crippen LogP contribution in [0.5, 0.6) is 0 Å². The second-order valence-corrected chi connectivity index (χ2v) is 20.9. The molecule has 0 atom stereocenters. The van der Waals surface area contributed by atoms with Gasteiger partial charge in [0.2, 0.25) is 0 Å². The third kappa shape index (κ3) is 4.76. The average Bonchev–Trinajstić information content (AvgIpc) is 4.08. The van der Waals surface area contributed by atoms with Crippen molar-refractivity contribution >= 4 is 84.8 Å². The highest BCUT2D eigenvalue weighted by molar-refractivity contribution is 7.26. The molecule has 0 N–H and O–H groups in total. The third-order valence-electron chi connectivity index (χ3n) is 14.8. The first kappa shape index (κ1) is 35.8. The lowest BCUT2D eigenvalue weighted by Crippen LogP contribution is -2.15. The summed E-state index contributed by atoms with van der Waals surface area (Å²) in [6.45, 7) is 9.61. The number of hydrogen-bond donors (Lipinski definition) is 0. The van der Waals surface area contributed by atoms with E-state index in [2.05, 4.69) is 208 Å². The van der Waals surface area contributed by atoms with Gasteiger partial charge in [-0.1, -0.05) is 149 Å². The Kier molecular flexibility index (Phi) is 7.07. The number of fused-ring (bicyclic) bond motifs is 15. The van der Waals surface area contributed by atoms with Crippen LogP contribution in [0.25, 0.3) is 112 Å². The molecule has 0 saturated carbocycles. The van der Waals surface area contributed by atoms with Gasteiger partial charge in [-0.15, -0.1) is 22.7 Å². The monoisotopic (exact) mass is 839 g/mol. The summed E-state index contributed by atoms with van der Waals surface area (Å²) in [7, 11) is 0. The summed E-state index contributed by atoms with van der Waals surface area (Å²) in [5.41, 5.74) is 19.4. The summed E-state index contributed by atoms with van der Waals surface area (Å²) >= 11 is 3.82. The zero-order chi connectivity index (χ0) is 41.9. The molecule has 0 amide bonds. The van der Waals surface area contributed by atoms with E-state index in [-0.39, 0.29) is 10.8 Å². The van der Waals surface area contributed by atoms with E-state index in [1.54, 1.807) is 0 Å². The van der Waals surface area contributed by atoms with Crippen molar-refractivity contribution in [3.05, 3.63) is 198 Å². The molecule has 0 fully saturated rings. The largest absolute Gasteiger partial charge is 0.309 e. The molecule has 3 heterocycles. The van der Waals surface area contributed by atoms with Crippen molar-refractivity contribution in [2.24, 2.45) is 0 Å². The van der Waals surface area contributed by atoms with Gasteiger partial charge in [-0.3, -0.25) is 0 Å². The molecule has 63 heavy (non-hydrogen) atoms. The van der Waals surface area contributed by atoms with Gasteiger partial charge in [-0.2, -0.15) is 0 Å². The van der Waals surface area contributed by atoms with Crippen LogP contribution in [0.3, 0.4) is 0 Å². The zero-order valence-corrected chi connectivity index (χ0v) is 37.1. The SMILES string of the molecule is CC1(C)c2ccccc2-c2cc3c4cc5c(cc4n(-c4cc(-c6cccc7c6sc6ccccc67)cc(-c6cccc7c6sc6ccccc67)c4)c3cc21)C(C)(C)c1ccccc1-5. The zero-order valence-electron chi connectivity index (χ0n) is 35.5. The minimum absolute atomic E-state index is 0.134. The summed E-state index contributed by atoms with van der Waals surface area (Å²) in [6, 6.07) is 67.2. The molecular weight excluding hydrogens is 799 g/mol. The maximum atomic E-state index is 2.62. The van der Waals surface area contributed by atoms with Crippen LogP contribution in [0.1, 0.15) is 49.9 Å². The van der Waals surface area contributed by atoms with Gasteiger partial charge in [0, 0.05) is 67.6 Å². The number of benzene rings is 9. The van der Waals surface area contributed by atoms with Gasteiger partial charge >= 0.3 is 0 Å². The van der Waals surface area contributed by atoms with Crippen molar-refractivity contribution in [2.45, 2.75) is 38.5 Å². The molecule has 0 spiro atoms. The predicted molar refractivity (Wildman–Crippen MR) is 273 cm³/mol. The molecule has 0 unspecified atom stereocenters. The fraction of sp³-hybridized carbons (Fsp3) is 0.100. The van der Waals surface area contributed by atoms with E-state index in [0.29, 0.717) is 0 Å². The highest BCUT2D eigenvalue weighted by Gasteiger charge is 2.38. The summed E-state index contributed by atoms with van der Waals surface area (Å²) in [5, 5.41) is 7.88. The summed E-state index contributed by atoms with van der Waals surface area (Å²) < 4.78 is 7.93. The van der Waals surface area contributed by atoms with Gasteiger partial charge in [-0.05, 0) is 121 Å². The van der Waals surface area contributed by atoms with Gasteiger partial charge in [0.05, 0.1) is 11.0 Å². The molecule has 3 heteroatoms. The molecule has 2 aliphatic carbocycles. The third-order valence-corrected chi connectivity index (χ3v) is 17.2. The van der Waals surface area contributed by atoms with Crippen LogP contribution in [0, 0.1) is 0 Å². The number of aromatic nitrogens is 1. The molecule has 12 aromatic rings. The van der Waals surface area contributed by atoms with Crippen molar-refractivity contribution in [3.63, 3.8) is 0 Å². The topological polar surface area (TPSA) is 4.93 Å². The van der Waals surface area contributed by atoms with E-state index < -0.39 is 0 Å². The molecule has 298 valence electrons. The van der Waals surface area contributed by atoms with Gasteiger partial charge in [0.25, 0.3) is 0 Å². The number of hydrogen-bond acceptors (Lipinski definition) is 2. The van der Waals surface area contributed by atoms with E-state index in [4.69, 9.17) is 0 Å². The maximum absolute atomic E-state index is 2.62. The van der Waals surface area contributed by atoms with E-state index in [1.165, 1.54) is 135 Å². The normalized spacial score (nSPS) is 14.6. The number of thiophene rings is 2. The fourth-order valence-corrected chi connectivity index (χ4v) is 14.2. The Morgan fingerprint density at radius 2 is 0.746 bits per heavy atom. The van der Waals surface area contributed by atoms with Gasteiger partial charge < -0.3 is 4.57 Å². The smallest absolute Gasteiger partial charge is 0.0544 e. The standard InChI is InChI=1S/C60H41NS2/c1-59(2)49-23-9-5-15-39(49)45-30-47-48-31-46-40-16-6-10-24-50(40)60(3,4)52(46)33-54(48)61(53(47)32-51(45)59)36-28-34(37-19-13-21-43-41-17-7-11-25-55(41)62-57(37)43)27-35(29-36)38-20-14-22-44-42-18-8-12-26-56(42)63-58(38)44/h5-33H,1-4H3. The van der Waals surface area contributed by atoms with Crippen molar-refractivity contribution in [2.75, 3.05) is 0 Å². The Hall–Kier alpha value is -6.78. The molecule has 0 aliphatic heterocycles. The van der Waals surface area contributed by atoms with Crippen molar-refractivity contribution in [1.82, 2.24) is 4.57 Å². The lowest BCUT2D eigenvalue weighted by Gasteiger charge is -2.22. The lowest BCUT2D eigenvalue weighted by atomic mass is 9.82.